The lowest BCUT2D eigenvalue weighted by Gasteiger charge is -2.11. The third-order valence-corrected chi connectivity index (χ3v) is 5.05. The van der Waals surface area contributed by atoms with Crippen molar-refractivity contribution in [3.8, 4) is 17.0 Å². The summed E-state index contributed by atoms with van der Waals surface area (Å²) in [7, 11) is 1.34. The predicted molar refractivity (Wildman–Crippen MR) is 118 cm³/mol. The second kappa shape index (κ2) is 9.83. The van der Waals surface area contributed by atoms with Gasteiger partial charge in [0.05, 0.1) is 22.7 Å². The lowest BCUT2D eigenvalue weighted by Crippen LogP contribution is -2.01. The highest BCUT2D eigenvalue weighted by Crippen LogP contribution is 2.38. The molecular weight excluding hydrogens is 425 g/mol. The number of esters is 1. The number of halogens is 2. The van der Waals surface area contributed by atoms with Gasteiger partial charge < -0.3 is 14.0 Å². The molecule has 7 heteroatoms. The second-order valence-corrected chi connectivity index (χ2v) is 7.65. The highest BCUT2D eigenvalue weighted by atomic mass is 35.5. The van der Waals surface area contributed by atoms with Crippen LogP contribution in [0.1, 0.15) is 36.7 Å². The molecule has 0 bridgehead atoms. The summed E-state index contributed by atoms with van der Waals surface area (Å²) in [6.45, 7) is 4.28. The van der Waals surface area contributed by atoms with E-state index in [-0.39, 0.29) is 12.5 Å². The van der Waals surface area contributed by atoms with Crippen molar-refractivity contribution in [1.82, 2.24) is 5.16 Å². The fraction of sp³-hybridized carbons (Fsp3) is 0.217. The zero-order chi connectivity index (χ0) is 21.7. The van der Waals surface area contributed by atoms with Gasteiger partial charge >= 0.3 is 5.97 Å². The van der Waals surface area contributed by atoms with Crippen LogP contribution in [0, 0.1) is 0 Å². The fourth-order valence-electron chi connectivity index (χ4n) is 2.90. The molecule has 0 amide bonds. The summed E-state index contributed by atoms with van der Waals surface area (Å²) in [5, 5.41) is 5.22. The maximum absolute atomic E-state index is 11.2. The van der Waals surface area contributed by atoms with Gasteiger partial charge in [-0.3, -0.25) is 0 Å². The molecule has 1 aromatic heterocycles. The number of benzene rings is 2. The predicted octanol–water partition coefficient (Wildman–Crippen LogP) is 6.54. The number of nitrogens with zero attached hydrogens (tertiary/aromatic N) is 1. The van der Waals surface area contributed by atoms with Crippen LogP contribution in [0.2, 0.25) is 10.0 Å². The van der Waals surface area contributed by atoms with Crippen molar-refractivity contribution in [2.75, 3.05) is 7.11 Å². The number of aromatic nitrogens is 1. The molecule has 3 rings (SSSR count). The third kappa shape index (κ3) is 5.04. The maximum Gasteiger partial charge on any atom is 0.330 e. The van der Waals surface area contributed by atoms with Crippen molar-refractivity contribution >= 4 is 35.2 Å². The minimum Gasteiger partial charge on any atom is -0.489 e. The third-order valence-electron chi connectivity index (χ3n) is 4.42. The zero-order valence-corrected chi connectivity index (χ0v) is 18.3. The number of carbonyl (C=O) groups is 1. The minimum atomic E-state index is -0.408. The van der Waals surface area contributed by atoms with Crippen LogP contribution >= 0.6 is 23.2 Å². The molecule has 5 nitrogen and oxygen atoms in total. The van der Waals surface area contributed by atoms with E-state index >= 15 is 0 Å². The Morgan fingerprint density at radius 3 is 2.40 bits per heavy atom. The highest BCUT2D eigenvalue weighted by Gasteiger charge is 2.23. The number of methoxy groups -OCH3 is 1. The quantitative estimate of drug-likeness (QED) is 0.305. The van der Waals surface area contributed by atoms with Crippen molar-refractivity contribution < 1.29 is 18.8 Å². The van der Waals surface area contributed by atoms with Crippen molar-refractivity contribution in [1.29, 1.82) is 0 Å². The van der Waals surface area contributed by atoms with Gasteiger partial charge in [-0.05, 0) is 35.9 Å². The molecule has 0 fully saturated rings. The molecule has 0 aliphatic carbocycles. The van der Waals surface area contributed by atoms with Gasteiger partial charge in [0.15, 0.2) is 0 Å². The standard InChI is InChI=1S/C23H21Cl2NO4/c1-14(2)23-17(22(26-30-23)21-18(24)5-4-6-19(21)25)13-29-16-10-7-15(8-11-16)9-12-20(27)28-3/h4-12,14H,13H2,1-3H3/b12-9+. The molecule has 0 unspecified atom stereocenters. The summed E-state index contributed by atoms with van der Waals surface area (Å²) in [4.78, 5) is 11.2. The van der Waals surface area contributed by atoms with E-state index in [0.717, 1.165) is 16.9 Å². The lowest BCUT2D eigenvalue weighted by atomic mass is 10.0. The summed E-state index contributed by atoms with van der Waals surface area (Å²) in [5.74, 6) is 1.09. The first-order valence-electron chi connectivity index (χ1n) is 9.32. The Bertz CT molecular complexity index is 1040. The molecule has 0 radical (unpaired) electrons. The molecule has 0 aliphatic heterocycles. The Kier molecular flexibility index (Phi) is 7.19. The first-order valence-corrected chi connectivity index (χ1v) is 10.1. The van der Waals surface area contributed by atoms with Crippen LogP contribution in [-0.4, -0.2) is 18.2 Å². The molecule has 1 heterocycles. The topological polar surface area (TPSA) is 61.6 Å². The molecule has 0 aliphatic rings. The molecule has 30 heavy (non-hydrogen) atoms. The number of carbonyl (C=O) groups excluding carboxylic acids is 1. The number of ether oxygens (including phenoxy) is 2. The molecule has 0 N–H and O–H groups in total. The number of hydrogen-bond donors (Lipinski definition) is 0. The molecule has 2 aromatic carbocycles. The van der Waals surface area contributed by atoms with Gasteiger partial charge in [-0.15, -0.1) is 0 Å². The smallest absolute Gasteiger partial charge is 0.330 e. The van der Waals surface area contributed by atoms with Gasteiger partial charge in [-0.2, -0.15) is 0 Å². The van der Waals surface area contributed by atoms with Crippen molar-refractivity contribution in [3.63, 3.8) is 0 Å². The molecule has 0 saturated heterocycles. The number of rotatable bonds is 7. The van der Waals surface area contributed by atoms with Crippen LogP contribution in [0.4, 0.5) is 0 Å². The highest BCUT2D eigenvalue weighted by molar-refractivity contribution is 6.39. The van der Waals surface area contributed by atoms with Crippen LogP contribution in [0.15, 0.2) is 53.1 Å². The SMILES string of the molecule is COC(=O)/C=C/c1ccc(OCc2c(-c3c(Cl)cccc3Cl)noc2C(C)C)cc1. The number of hydrogen-bond acceptors (Lipinski definition) is 5. The normalized spacial score (nSPS) is 11.3. The van der Waals surface area contributed by atoms with Gasteiger partial charge in [0.25, 0.3) is 0 Å². The van der Waals surface area contributed by atoms with Gasteiger partial charge in [-0.25, -0.2) is 4.79 Å². The average Bonchev–Trinajstić information content (AvgIpc) is 3.15. The van der Waals surface area contributed by atoms with Crippen molar-refractivity contribution in [3.05, 3.63) is 75.5 Å². The van der Waals surface area contributed by atoms with Crippen molar-refractivity contribution in [2.24, 2.45) is 0 Å². The van der Waals surface area contributed by atoms with Crippen LogP contribution in [-0.2, 0) is 16.1 Å². The average molecular weight is 446 g/mol. The van der Waals surface area contributed by atoms with Crippen LogP contribution in [0.5, 0.6) is 5.75 Å². The summed E-state index contributed by atoms with van der Waals surface area (Å²) >= 11 is 12.8. The van der Waals surface area contributed by atoms with E-state index in [1.165, 1.54) is 13.2 Å². The lowest BCUT2D eigenvalue weighted by molar-refractivity contribution is -0.134. The van der Waals surface area contributed by atoms with Crippen LogP contribution in [0.25, 0.3) is 17.3 Å². The van der Waals surface area contributed by atoms with Crippen molar-refractivity contribution in [2.45, 2.75) is 26.4 Å². The summed E-state index contributed by atoms with van der Waals surface area (Å²) in [6, 6.07) is 12.6. The van der Waals surface area contributed by atoms with E-state index < -0.39 is 5.97 Å². The Labute approximate surface area is 185 Å². The van der Waals surface area contributed by atoms with E-state index in [0.29, 0.717) is 27.1 Å². The summed E-state index contributed by atoms with van der Waals surface area (Å²) < 4.78 is 16.2. The van der Waals surface area contributed by atoms with E-state index in [4.69, 9.17) is 32.5 Å². The van der Waals surface area contributed by atoms with E-state index in [9.17, 15) is 4.79 Å². The summed E-state index contributed by atoms with van der Waals surface area (Å²) in [5.41, 5.74) is 2.85. The first kappa shape index (κ1) is 21.9. The van der Waals surface area contributed by atoms with Gasteiger partial charge in [0.2, 0.25) is 0 Å². The summed E-state index contributed by atoms with van der Waals surface area (Å²) in [6.07, 6.45) is 3.03. The molecule has 0 atom stereocenters. The Hall–Kier alpha value is -2.76. The maximum atomic E-state index is 11.2. The fourth-order valence-corrected chi connectivity index (χ4v) is 3.48. The second-order valence-electron chi connectivity index (χ2n) is 6.84. The van der Waals surface area contributed by atoms with Gasteiger partial charge in [0, 0.05) is 17.6 Å². The molecule has 0 spiro atoms. The van der Waals surface area contributed by atoms with E-state index in [1.807, 2.05) is 38.1 Å². The molecule has 0 saturated carbocycles. The van der Waals surface area contributed by atoms with E-state index in [2.05, 4.69) is 9.89 Å². The van der Waals surface area contributed by atoms with Gasteiger partial charge in [0.1, 0.15) is 23.8 Å². The largest absolute Gasteiger partial charge is 0.489 e. The minimum absolute atomic E-state index is 0.108. The molecule has 156 valence electrons. The van der Waals surface area contributed by atoms with Crippen LogP contribution < -0.4 is 4.74 Å². The van der Waals surface area contributed by atoms with Crippen LogP contribution in [0.3, 0.4) is 0 Å². The van der Waals surface area contributed by atoms with E-state index in [1.54, 1.807) is 24.3 Å². The Morgan fingerprint density at radius 2 is 1.80 bits per heavy atom. The zero-order valence-electron chi connectivity index (χ0n) is 16.8. The Balaban J connectivity index is 1.84. The first-order chi connectivity index (χ1) is 14.4. The molecular formula is C23H21Cl2NO4. The monoisotopic (exact) mass is 445 g/mol. The molecule has 3 aromatic rings. The van der Waals surface area contributed by atoms with Gasteiger partial charge in [-0.1, -0.05) is 60.4 Å². The Morgan fingerprint density at radius 1 is 1.13 bits per heavy atom.